The summed E-state index contributed by atoms with van der Waals surface area (Å²) in [6, 6.07) is 89.4. The van der Waals surface area contributed by atoms with Crippen molar-refractivity contribution in [1.82, 2.24) is 13.7 Å². The van der Waals surface area contributed by atoms with Crippen LogP contribution >= 0.6 is 0 Å². The number of nitrogens with zero attached hydrogens (tertiary/aromatic N) is 4. The fourth-order valence-corrected chi connectivity index (χ4v) is 11.6. The van der Waals surface area contributed by atoms with Gasteiger partial charge < -0.3 is 18.6 Å². The van der Waals surface area contributed by atoms with Gasteiger partial charge in [0.15, 0.2) is 0 Å². The van der Waals surface area contributed by atoms with Crippen molar-refractivity contribution >= 4 is 93.3 Å². The van der Waals surface area contributed by atoms with Crippen LogP contribution in [0.15, 0.2) is 243 Å². The van der Waals surface area contributed by atoms with Crippen molar-refractivity contribution in [3.8, 4) is 39.3 Å². The number of fused-ring (bicyclic) bond motifs is 11. The Hall–Kier alpha value is -9.12. The second kappa shape index (κ2) is 14.2. The summed E-state index contributed by atoms with van der Waals surface area (Å²) in [6.07, 6.45) is 0. The van der Waals surface area contributed by atoms with Crippen LogP contribution in [0.3, 0.4) is 0 Å². The van der Waals surface area contributed by atoms with E-state index >= 15 is 0 Å². The summed E-state index contributed by atoms with van der Waals surface area (Å²) < 4.78 is 7.26. The van der Waals surface area contributed by atoms with Gasteiger partial charge in [0.2, 0.25) is 0 Å². The molecule has 0 saturated heterocycles. The Bertz CT molecular complexity index is 4250. The third kappa shape index (κ3) is 5.25. The van der Waals surface area contributed by atoms with Crippen LogP contribution < -0.4 is 4.90 Å². The summed E-state index contributed by atoms with van der Waals surface area (Å²) in [7, 11) is 0. The van der Waals surface area contributed by atoms with Gasteiger partial charge in [0.25, 0.3) is 0 Å². The summed E-state index contributed by atoms with van der Waals surface area (Å²) in [4.78, 5) is 2.49. The molecule has 1 aliphatic heterocycles. The van der Waals surface area contributed by atoms with E-state index in [1.807, 2.05) is 0 Å². The Kier molecular flexibility index (Phi) is 7.75. The van der Waals surface area contributed by atoms with Crippen LogP contribution in [0.1, 0.15) is 0 Å². The van der Waals surface area contributed by atoms with Gasteiger partial charge in [0.1, 0.15) is 0 Å². The molecule has 0 N–H and O–H groups in total. The van der Waals surface area contributed by atoms with Crippen molar-refractivity contribution < 1.29 is 0 Å². The molecule has 0 aliphatic carbocycles. The SMILES string of the molecule is c1ccc(-c2ccc3c(c2)c2cc4c(cc2n3-c2ccc(-n3c5ccccc5c5ccccc53)cc2)N(c2ccc(-n3c5ccccc5c5ccccc53)cc2)c2cccc3cccc-4c23)cc1. The summed E-state index contributed by atoms with van der Waals surface area (Å²) >= 11 is 0. The Labute approximate surface area is 392 Å². The van der Waals surface area contributed by atoms with E-state index in [1.54, 1.807) is 0 Å². The predicted molar refractivity (Wildman–Crippen MR) is 286 cm³/mol. The van der Waals surface area contributed by atoms with Crippen LogP contribution in [-0.4, -0.2) is 13.7 Å². The maximum absolute atomic E-state index is 2.49. The molecule has 4 heterocycles. The average Bonchev–Trinajstić information content (AvgIpc) is 4.04. The highest BCUT2D eigenvalue weighted by atomic mass is 15.2. The van der Waals surface area contributed by atoms with Crippen molar-refractivity contribution in [1.29, 1.82) is 0 Å². The third-order valence-corrected chi connectivity index (χ3v) is 14.5. The van der Waals surface area contributed by atoms with Crippen LogP contribution in [0.2, 0.25) is 0 Å². The second-order valence-corrected chi connectivity index (χ2v) is 18.1. The van der Waals surface area contributed by atoms with Gasteiger partial charge in [0, 0.05) is 66.0 Å². The fraction of sp³-hybridized carbons (Fsp3) is 0. The number of anilines is 3. The topological polar surface area (TPSA) is 18.0 Å². The molecule has 0 saturated carbocycles. The van der Waals surface area contributed by atoms with E-state index in [2.05, 4.69) is 261 Å². The lowest BCUT2D eigenvalue weighted by molar-refractivity contribution is 1.14. The zero-order valence-corrected chi connectivity index (χ0v) is 36.9. The molecule has 11 aromatic carbocycles. The predicted octanol–water partition coefficient (Wildman–Crippen LogP) is 17.2. The van der Waals surface area contributed by atoms with Crippen LogP contribution in [-0.2, 0) is 0 Å². The molecule has 0 amide bonds. The van der Waals surface area contributed by atoms with Gasteiger partial charge >= 0.3 is 0 Å². The molecule has 0 radical (unpaired) electrons. The lowest BCUT2D eigenvalue weighted by Crippen LogP contribution is -2.15. The average molecular weight is 865 g/mol. The molecule has 0 fully saturated rings. The molecule has 4 heteroatoms. The van der Waals surface area contributed by atoms with E-state index in [4.69, 9.17) is 0 Å². The molecular formula is C64H40N4. The minimum atomic E-state index is 1.11. The number of hydrogen-bond acceptors (Lipinski definition) is 1. The fourth-order valence-electron chi connectivity index (χ4n) is 11.6. The smallest absolute Gasteiger partial charge is 0.0562 e. The monoisotopic (exact) mass is 864 g/mol. The van der Waals surface area contributed by atoms with Crippen LogP contribution in [0.5, 0.6) is 0 Å². The molecule has 4 nitrogen and oxygen atoms in total. The van der Waals surface area contributed by atoms with Gasteiger partial charge in [0.05, 0.1) is 44.5 Å². The number of para-hydroxylation sites is 4. The maximum Gasteiger partial charge on any atom is 0.0562 e. The molecule has 15 rings (SSSR count). The molecule has 316 valence electrons. The second-order valence-electron chi connectivity index (χ2n) is 18.1. The van der Waals surface area contributed by atoms with Gasteiger partial charge in [-0.2, -0.15) is 0 Å². The first kappa shape index (κ1) is 37.1. The summed E-state index contributed by atoms with van der Waals surface area (Å²) in [5.74, 6) is 0. The first-order valence-electron chi connectivity index (χ1n) is 23.4. The molecule has 3 aromatic heterocycles. The van der Waals surface area contributed by atoms with Crippen molar-refractivity contribution in [2.75, 3.05) is 4.90 Å². The molecule has 1 aliphatic rings. The Morgan fingerprint density at radius 3 is 1.25 bits per heavy atom. The molecule has 0 unspecified atom stereocenters. The van der Waals surface area contributed by atoms with Gasteiger partial charge in [-0.05, 0) is 125 Å². The lowest BCUT2D eigenvalue weighted by atomic mass is 9.89. The first-order chi connectivity index (χ1) is 33.7. The standard InChI is InChI=1S/C64H40N4/c1-2-14-41(15-3-1)43-28-37-60-53(38-43)55-39-54-52-22-12-16-42-17-13-27-61(64(42)52)68(47-35-31-45(32-36-47)66-58-25-10-6-20-50(58)51-21-7-11-26-59(51)66)62(54)40-63(55)67(60)46-33-29-44(30-34-46)65-56-23-8-4-18-48(56)49-19-5-9-24-57(49)65/h1-40H. The van der Waals surface area contributed by atoms with Gasteiger partial charge in [-0.15, -0.1) is 0 Å². The Morgan fingerprint density at radius 2 is 0.691 bits per heavy atom. The van der Waals surface area contributed by atoms with Crippen LogP contribution in [0, 0.1) is 0 Å². The van der Waals surface area contributed by atoms with E-state index in [-0.39, 0.29) is 0 Å². The zero-order chi connectivity index (χ0) is 44.5. The first-order valence-corrected chi connectivity index (χ1v) is 23.4. The number of benzene rings is 11. The van der Waals surface area contributed by atoms with Crippen LogP contribution in [0.25, 0.3) is 116 Å². The number of hydrogen-bond donors (Lipinski definition) is 0. The summed E-state index contributed by atoms with van der Waals surface area (Å²) in [5.41, 5.74) is 18.9. The third-order valence-electron chi connectivity index (χ3n) is 14.5. The Balaban J connectivity index is 0.959. The van der Waals surface area contributed by atoms with Crippen molar-refractivity contribution in [3.05, 3.63) is 243 Å². The molecule has 0 spiro atoms. The quantitative estimate of drug-likeness (QED) is 0.169. The van der Waals surface area contributed by atoms with Gasteiger partial charge in [-0.3, -0.25) is 0 Å². The van der Waals surface area contributed by atoms with Crippen LogP contribution in [0.4, 0.5) is 17.1 Å². The van der Waals surface area contributed by atoms with E-state index in [0.29, 0.717) is 0 Å². The van der Waals surface area contributed by atoms with Gasteiger partial charge in [-0.1, -0.05) is 140 Å². The number of aromatic nitrogens is 3. The van der Waals surface area contributed by atoms with E-state index in [1.165, 1.54) is 98.6 Å². The highest BCUT2D eigenvalue weighted by Gasteiger charge is 2.29. The van der Waals surface area contributed by atoms with Crippen molar-refractivity contribution in [2.24, 2.45) is 0 Å². The molecule has 14 aromatic rings. The molecular weight excluding hydrogens is 825 g/mol. The highest BCUT2D eigenvalue weighted by Crippen LogP contribution is 2.53. The highest BCUT2D eigenvalue weighted by molar-refractivity contribution is 6.19. The molecule has 0 atom stereocenters. The van der Waals surface area contributed by atoms with E-state index < -0.39 is 0 Å². The Morgan fingerprint density at radius 1 is 0.235 bits per heavy atom. The molecule has 68 heavy (non-hydrogen) atoms. The summed E-state index contributed by atoms with van der Waals surface area (Å²) in [6.45, 7) is 0. The summed E-state index contributed by atoms with van der Waals surface area (Å²) in [5, 5.41) is 9.99. The zero-order valence-electron chi connectivity index (χ0n) is 36.9. The van der Waals surface area contributed by atoms with Crippen molar-refractivity contribution in [3.63, 3.8) is 0 Å². The van der Waals surface area contributed by atoms with E-state index in [0.717, 1.165) is 34.0 Å². The largest absolute Gasteiger partial charge is 0.309 e. The lowest BCUT2D eigenvalue weighted by Gasteiger charge is -2.34. The van der Waals surface area contributed by atoms with Crippen molar-refractivity contribution in [2.45, 2.75) is 0 Å². The van der Waals surface area contributed by atoms with E-state index in [9.17, 15) is 0 Å². The minimum absolute atomic E-state index is 1.11. The van der Waals surface area contributed by atoms with Gasteiger partial charge in [-0.25, -0.2) is 0 Å². The minimum Gasteiger partial charge on any atom is -0.309 e. The number of rotatable bonds is 5. The maximum atomic E-state index is 2.49. The molecule has 0 bridgehead atoms. The normalized spacial score (nSPS) is 12.4.